The summed E-state index contributed by atoms with van der Waals surface area (Å²) in [6.45, 7) is 5.76. The topological polar surface area (TPSA) is 33.7 Å². The van der Waals surface area contributed by atoms with Gasteiger partial charge >= 0.3 is 0 Å². The minimum absolute atomic E-state index is 0.0402. The van der Waals surface area contributed by atoms with Crippen LogP contribution in [0.3, 0.4) is 0 Å². The SMILES string of the molecule is CCC(C)(C(NC)c1ccc2c(c1)OCCO2)N(C)C. The first-order valence-corrected chi connectivity index (χ1v) is 7.27. The van der Waals surface area contributed by atoms with Gasteiger partial charge in [0.15, 0.2) is 11.5 Å². The fourth-order valence-corrected chi connectivity index (χ4v) is 2.85. The Morgan fingerprint density at radius 3 is 2.45 bits per heavy atom. The quantitative estimate of drug-likeness (QED) is 0.897. The Balaban J connectivity index is 2.36. The second-order valence-corrected chi connectivity index (χ2v) is 5.73. The van der Waals surface area contributed by atoms with Crippen LogP contribution < -0.4 is 14.8 Å². The van der Waals surface area contributed by atoms with E-state index in [-0.39, 0.29) is 11.6 Å². The molecule has 1 aliphatic heterocycles. The smallest absolute Gasteiger partial charge is 0.161 e. The minimum Gasteiger partial charge on any atom is -0.486 e. The number of fused-ring (bicyclic) bond motifs is 1. The Bertz CT molecular complexity index is 462. The molecule has 0 saturated carbocycles. The zero-order chi connectivity index (χ0) is 14.8. The maximum absolute atomic E-state index is 5.70. The van der Waals surface area contributed by atoms with E-state index in [4.69, 9.17) is 9.47 Å². The van der Waals surface area contributed by atoms with E-state index in [1.807, 2.05) is 13.1 Å². The van der Waals surface area contributed by atoms with Crippen LogP contribution in [0, 0.1) is 0 Å². The molecule has 1 aromatic rings. The van der Waals surface area contributed by atoms with Crippen LogP contribution in [0.5, 0.6) is 11.5 Å². The first-order valence-electron chi connectivity index (χ1n) is 7.27. The van der Waals surface area contributed by atoms with Gasteiger partial charge in [-0.15, -0.1) is 0 Å². The van der Waals surface area contributed by atoms with Crippen molar-refractivity contribution in [3.8, 4) is 11.5 Å². The van der Waals surface area contributed by atoms with E-state index in [1.54, 1.807) is 0 Å². The van der Waals surface area contributed by atoms with Gasteiger partial charge in [-0.05, 0) is 52.2 Å². The Kier molecular flexibility index (Phi) is 4.55. The van der Waals surface area contributed by atoms with Crippen molar-refractivity contribution in [2.45, 2.75) is 31.8 Å². The molecule has 0 saturated heterocycles. The molecule has 4 nitrogen and oxygen atoms in total. The van der Waals surface area contributed by atoms with Crippen molar-refractivity contribution in [1.29, 1.82) is 0 Å². The lowest BCUT2D eigenvalue weighted by Gasteiger charge is -2.43. The minimum atomic E-state index is 0.0402. The molecule has 0 fully saturated rings. The van der Waals surface area contributed by atoms with Gasteiger partial charge in [0.05, 0.1) is 6.04 Å². The summed E-state index contributed by atoms with van der Waals surface area (Å²) in [6.07, 6.45) is 1.06. The first-order chi connectivity index (χ1) is 9.52. The summed E-state index contributed by atoms with van der Waals surface area (Å²) in [6, 6.07) is 6.48. The molecule has 1 aromatic carbocycles. The van der Waals surface area contributed by atoms with E-state index < -0.39 is 0 Å². The average Bonchev–Trinajstić information content (AvgIpc) is 2.47. The van der Waals surface area contributed by atoms with Crippen LogP contribution in [-0.4, -0.2) is 44.8 Å². The molecule has 1 N–H and O–H groups in total. The summed E-state index contributed by atoms with van der Waals surface area (Å²) in [7, 11) is 6.27. The van der Waals surface area contributed by atoms with E-state index in [1.165, 1.54) is 5.56 Å². The molecule has 0 spiro atoms. The van der Waals surface area contributed by atoms with Crippen molar-refractivity contribution in [3.63, 3.8) is 0 Å². The molecule has 1 aliphatic rings. The number of likely N-dealkylation sites (N-methyl/N-ethyl adjacent to an activating group) is 2. The summed E-state index contributed by atoms with van der Waals surface area (Å²) in [5.41, 5.74) is 1.27. The zero-order valence-corrected chi connectivity index (χ0v) is 13.2. The first kappa shape index (κ1) is 15.1. The van der Waals surface area contributed by atoms with Gasteiger partial charge in [0, 0.05) is 5.54 Å². The molecule has 0 aliphatic carbocycles. The predicted molar refractivity (Wildman–Crippen MR) is 81.6 cm³/mol. The number of rotatable bonds is 5. The van der Waals surface area contributed by atoms with E-state index in [0.29, 0.717) is 13.2 Å². The lowest BCUT2D eigenvalue weighted by molar-refractivity contribution is 0.116. The van der Waals surface area contributed by atoms with Gasteiger partial charge in [-0.2, -0.15) is 0 Å². The van der Waals surface area contributed by atoms with E-state index in [0.717, 1.165) is 17.9 Å². The zero-order valence-electron chi connectivity index (χ0n) is 13.2. The van der Waals surface area contributed by atoms with Crippen molar-refractivity contribution in [2.24, 2.45) is 0 Å². The van der Waals surface area contributed by atoms with Gasteiger partial charge in [-0.25, -0.2) is 0 Å². The van der Waals surface area contributed by atoms with Crippen molar-refractivity contribution in [3.05, 3.63) is 23.8 Å². The molecule has 0 bridgehead atoms. The number of hydrogen-bond donors (Lipinski definition) is 1. The van der Waals surface area contributed by atoms with Crippen molar-refractivity contribution >= 4 is 0 Å². The standard InChI is InChI=1S/C16H26N2O2/c1-6-16(2,18(4)5)15(17-3)12-7-8-13-14(11-12)20-10-9-19-13/h7-8,11,15,17H,6,9-10H2,1-5H3. The third-order valence-electron chi connectivity index (χ3n) is 4.55. The van der Waals surface area contributed by atoms with Gasteiger partial charge in [0.2, 0.25) is 0 Å². The van der Waals surface area contributed by atoms with Crippen molar-refractivity contribution in [1.82, 2.24) is 10.2 Å². The molecule has 0 aromatic heterocycles. The summed E-state index contributed by atoms with van der Waals surface area (Å²) in [4.78, 5) is 2.28. The monoisotopic (exact) mass is 278 g/mol. The second kappa shape index (κ2) is 6.02. The van der Waals surface area contributed by atoms with Gasteiger partial charge in [-0.1, -0.05) is 13.0 Å². The van der Waals surface area contributed by atoms with Crippen molar-refractivity contribution in [2.75, 3.05) is 34.4 Å². The Labute approximate surface area is 122 Å². The van der Waals surface area contributed by atoms with Gasteiger partial charge in [-0.3, -0.25) is 0 Å². The predicted octanol–water partition coefficient (Wildman–Crippen LogP) is 2.45. The van der Waals surface area contributed by atoms with E-state index >= 15 is 0 Å². The maximum Gasteiger partial charge on any atom is 0.161 e. The summed E-state index contributed by atoms with van der Waals surface area (Å²) in [5, 5.41) is 3.46. The molecule has 0 radical (unpaired) electrons. The number of nitrogens with one attached hydrogen (secondary N) is 1. The highest BCUT2D eigenvalue weighted by Gasteiger charge is 2.35. The van der Waals surface area contributed by atoms with Crippen LogP contribution in [0.25, 0.3) is 0 Å². The number of nitrogens with zero attached hydrogens (tertiary/aromatic N) is 1. The van der Waals surface area contributed by atoms with Crippen LogP contribution in [0.1, 0.15) is 31.9 Å². The third kappa shape index (κ3) is 2.63. The van der Waals surface area contributed by atoms with Crippen LogP contribution in [-0.2, 0) is 0 Å². The highest BCUT2D eigenvalue weighted by atomic mass is 16.6. The summed E-state index contributed by atoms with van der Waals surface area (Å²) in [5.74, 6) is 1.70. The largest absolute Gasteiger partial charge is 0.486 e. The molecular formula is C16H26N2O2. The fraction of sp³-hybridized carbons (Fsp3) is 0.625. The van der Waals surface area contributed by atoms with Gasteiger partial charge < -0.3 is 19.7 Å². The lowest BCUT2D eigenvalue weighted by atomic mass is 9.83. The van der Waals surface area contributed by atoms with E-state index in [9.17, 15) is 0 Å². The molecular weight excluding hydrogens is 252 g/mol. The molecule has 20 heavy (non-hydrogen) atoms. The fourth-order valence-electron chi connectivity index (χ4n) is 2.85. The molecule has 4 heteroatoms. The summed E-state index contributed by atoms with van der Waals surface area (Å²) >= 11 is 0. The maximum atomic E-state index is 5.70. The van der Waals surface area contributed by atoms with E-state index in [2.05, 4.69) is 50.3 Å². The highest BCUT2D eigenvalue weighted by molar-refractivity contribution is 5.45. The number of ether oxygens (including phenoxy) is 2. The number of hydrogen-bond acceptors (Lipinski definition) is 4. The van der Waals surface area contributed by atoms with Gasteiger partial charge in [0.25, 0.3) is 0 Å². The molecule has 2 atom stereocenters. The average molecular weight is 278 g/mol. The Hall–Kier alpha value is -1.26. The molecule has 2 rings (SSSR count). The van der Waals surface area contributed by atoms with Crippen LogP contribution in [0.4, 0.5) is 0 Å². The number of benzene rings is 1. The Morgan fingerprint density at radius 2 is 1.90 bits per heavy atom. The molecule has 2 unspecified atom stereocenters. The molecule has 1 heterocycles. The van der Waals surface area contributed by atoms with Crippen molar-refractivity contribution < 1.29 is 9.47 Å². The Morgan fingerprint density at radius 1 is 1.25 bits per heavy atom. The molecule has 0 amide bonds. The van der Waals surface area contributed by atoms with Gasteiger partial charge in [0.1, 0.15) is 13.2 Å². The second-order valence-electron chi connectivity index (χ2n) is 5.73. The van der Waals surface area contributed by atoms with Crippen LogP contribution >= 0.6 is 0 Å². The third-order valence-corrected chi connectivity index (χ3v) is 4.55. The van der Waals surface area contributed by atoms with Crippen LogP contribution in [0.2, 0.25) is 0 Å². The molecule has 112 valence electrons. The van der Waals surface area contributed by atoms with Crippen LogP contribution in [0.15, 0.2) is 18.2 Å². The highest BCUT2D eigenvalue weighted by Crippen LogP contribution is 2.37. The summed E-state index contributed by atoms with van der Waals surface area (Å²) < 4.78 is 11.3. The normalized spacial score (nSPS) is 18.7. The lowest BCUT2D eigenvalue weighted by Crippen LogP contribution is -2.50.